The first-order chi connectivity index (χ1) is 9.95. The van der Waals surface area contributed by atoms with Crippen LogP contribution < -0.4 is 16.4 Å². The molecule has 1 aliphatic rings. The summed E-state index contributed by atoms with van der Waals surface area (Å²) in [6.45, 7) is 4.06. The van der Waals surface area contributed by atoms with Crippen LogP contribution in [-0.4, -0.2) is 18.0 Å². The summed E-state index contributed by atoms with van der Waals surface area (Å²) in [4.78, 5) is 23.3. The molecular formula is C16H23N3O2. The van der Waals surface area contributed by atoms with Crippen LogP contribution in [0.15, 0.2) is 18.2 Å². The topological polar surface area (TPSA) is 84.2 Å². The number of rotatable bonds is 3. The van der Waals surface area contributed by atoms with Gasteiger partial charge in [-0.3, -0.25) is 4.79 Å². The minimum absolute atomic E-state index is 0.228. The molecule has 3 amide bonds. The highest BCUT2D eigenvalue weighted by Gasteiger charge is 2.19. The number of urea groups is 1. The van der Waals surface area contributed by atoms with E-state index in [9.17, 15) is 9.59 Å². The van der Waals surface area contributed by atoms with Crippen LogP contribution >= 0.6 is 0 Å². The summed E-state index contributed by atoms with van der Waals surface area (Å²) in [6, 6.07) is 5.17. The van der Waals surface area contributed by atoms with Crippen LogP contribution in [0.25, 0.3) is 0 Å². The zero-order valence-corrected chi connectivity index (χ0v) is 12.6. The van der Waals surface area contributed by atoms with E-state index < -0.39 is 5.91 Å². The number of hydrogen-bond donors (Lipinski definition) is 3. The van der Waals surface area contributed by atoms with E-state index in [0.29, 0.717) is 11.3 Å². The maximum Gasteiger partial charge on any atom is 0.319 e. The van der Waals surface area contributed by atoms with Gasteiger partial charge < -0.3 is 16.4 Å². The molecule has 4 N–H and O–H groups in total. The predicted molar refractivity (Wildman–Crippen MR) is 83.3 cm³/mol. The van der Waals surface area contributed by atoms with Crippen molar-refractivity contribution in [3.05, 3.63) is 29.3 Å². The molecule has 0 spiro atoms. The lowest BCUT2D eigenvalue weighted by molar-refractivity contribution is 0.0999. The molecule has 0 aliphatic heterocycles. The third-order valence-corrected chi connectivity index (χ3v) is 4.11. The van der Waals surface area contributed by atoms with Crippen LogP contribution in [0.5, 0.6) is 0 Å². The van der Waals surface area contributed by atoms with Crippen LogP contribution in [-0.2, 0) is 0 Å². The highest BCUT2D eigenvalue weighted by Crippen LogP contribution is 2.23. The molecule has 0 bridgehead atoms. The van der Waals surface area contributed by atoms with Gasteiger partial charge in [-0.2, -0.15) is 0 Å². The highest BCUT2D eigenvalue weighted by molar-refractivity contribution is 5.97. The molecule has 1 aromatic carbocycles. The quantitative estimate of drug-likeness (QED) is 0.799. The molecule has 1 saturated carbocycles. The fraction of sp³-hybridized carbons (Fsp3) is 0.500. The van der Waals surface area contributed by atoms with Crippen LogP contribution in [0.4, 0.5) is 10.5 Å². The van der Waals surface area contributed by atoms with Gasteiger partial charge in [0.05, 0.1) is 0 Å². The number of amides is 3. The van der Waals surface area contributed by atoms with Gasteiger partial charge in [0.15, 0.2) is 0 Å². The Kier molecular flexibility index (Phi) is 4.83. The SMILES string of the molecule is Cc1ccc(NC(=O)NC2CCC(C)CC2)cc1C(N)=O. The number of carbonyl (C=O) groups is 2. The summed E-state index contributed by atoms with van der Waals surface area (Å²) in [5.74, 6) is 0.263. The predicted octanol–water partition coefficient (Wildman–Crippen LogP) is 2.79. The molecule has 0 saturated heterocycles. The third kappa shape index (κ3) is 4.21. The van der Waals surface area contributed by atoms with Crippen LogP contribution in [0.1, 0.15) is 48.5 Å². The monoisotopic (exact) mass is 289 g/mol. The maximum atomic E-state index is 12.0. The Bertz CT molecular complexity index is 534. The number of anilines is 1. The number of aryl methyl sites for hydroxylation is 1. The van der Waals surface area contributed by atoms with E-state index in [1.54, 1.807) is 18.2 Å². The largest absolute Gasteiger partial charge is 0.366 e. The second kappa shape index (κ2) is 6.61. The van der Waals surface area contributed by atoms with Crippen molar-refractivity contribution in [3.63, 3.8) is 0 Å². The lowest BCUT2D eigenvalue weighted by Crippen LogP contribution is -2.39. The second-order valence-corrected chi connectivity index (χ2v) is 5.95. The average molecular weight is 289 g/mol. The molecule has 0 radical (unpaired) electrons. The van der Waals surface area contributed by atoms with Crippen molar-refractivity contribution in [2.24, 2.45) is 11.7 Å². The first kappa shape index (κ1) is 15.4. The van der Waals surface area contributed by atoms with E-state index >= 15 is 0 Å². The Morgan fingerprint density at radius 1 is 1.19 bits per heavy atom. The van der Waals surface area contributed by atoms with Gasteiger partial charge >= 0.3 is 6.03 Å². The van der Waals surface area contributed by atoms with Gasteiger partial charge in [-0.05, 0) is 56.2 Å². The van der Waals surface area contributed by atoms with E-state index in [1.807, 2.05) is 6.92 Å². The lowest BCUT2D eigenvalue weighted by atomic mass is 9.87. The Labute approximate surface area is 125 Å². The summed E-state index contributed by atoms with van der Waals surface area (Å²) in [7, 11) is 0. The van der Waals surface area contributed by atoms with Gasteiger partial charge in [-0.1, -0.05) is 13.0 Å². The van der Waals surface area contributed by atoms with Crippen LogP contribution in [0, 0.1) is 12.8 Å². The number of primary amides is 1. The average Bonchev–Trinajstić information content (AvgIpc) is 2.43. The number of benzene rings is 1. The molecule has 1 fully saturated rings. The first-order valence-corrected chi connectivity index (χ1v) is 7.43. The summed E-state index contributed by atoms with van der Waals surface area (Å²) in [6.07, 6.45) is 4.35. The molecule has 0 atom stereocenters. The van der Waals surface area contributed by atoms with Crippen LogP contribution in [0.3, 0.4) is 0 Å². The molecule has 0 unspecified atom stereocenters. The molecule has 1 aliphatic carbocycles. The summed E-state index contributed by atoms with van der Waals surface area (Å²) in [5.41, 5.74) is 7.12. The summed E-state index contributed by atoms with van der Waals surface area (Å²) >= 11 is 0. The third-order valence-electron chi connectivity index (χ3n) is 4.11. The molecule has 0 aromatic heterocycles. The van der Waals surface area contributed by atoms with Gasteiger partial charge in [0.1, 0.15) is 0 Å². The van der Waals surface area contributed by atoms with Gasteiger partial charge in [0, 0.05) is 17.3 Å². The van der Waals surface area contributed by atoms with Gasteiger partial charge in [-0.15, -0.1) is 0 Å². The minimum atomic E-state index is -0.488. The van der Waals surface area contributed by atoms with Crippen molar-refractivity contribution in [1.29, 1.82) is 0 Å². The normalized spacial score (nSPS) is 21.6. The van der Waals surface area contributed by atoms with Crippen molar-refractivity contribution >= 4 is 17.6 Å². The zero-order valence-electron chi connectivity index (χ0n) is 12.6. The maximum absolute atomic E-state index is 12.0. The number of carbonyl (C=O) groups excluding carboxylic acids is 2. The highest BCUT2D eigenvalue weighted by atomic mass is 16.2. The fourth-order valence-electron chi connectivity index (χ4n) is 2.72. The van der Waals surface area contributed by atoms with Crippen molar-refractivity contribution in [3.8, 4) is 0 Å². The fourth-order valence-corrected chi connectivity index (χ4v) is 2.72. The Hall–Kier alpha value is -2.04. The van der Waals surface area contributed by atoms with Gasteiger partial charge in [0.25, 0.3) is 0 Å². The molecule has 5 nitrogen and oxygen atoms in total. The molecular weight excluding hydrogens is 266 g/mol. The number of nitrogens with two attached hydrogens (primary N) is 1. The lowest BCUT2D eigenvalue weighted by Gasteiger charge is -2.26. The van der Waals surface area contributed by atoms with Crippen molar-refractivity contribution in [2.75, 3.05) is 5.32 Å². The standard InChI is InChI=1S/C16H23N3O2/c1-10-3-6-12(7-4-10)18-16(21)19-13-8-5-11(2)14(9-13)15(17)20/h5,8-10,12H,3-4,6-7H2,1-2H3,(H2,17,20)(H2,18,19,21). The van der Waals surface area contributed by atoms with E-state index in [1.165, 1.54) is 0 Å². The first-order valence-electron chi connectivity index (χ1n) is 7.43. The molecule has 0 heterocycles. The van der Waals surface area contributed by atoms with Crippen molar-refractivity contribution in [1.82, 2.24) is 5.32 Å². The Morgan fingerprint density at radius 2 is 1.86 bits per heavy atom. The second-order valence-electron chi connectivity index (χ2n) is 5.95. The molecule has 5 heteroatoms. The van der Waals surface area contributed by atoms with Crippen LogP contribution in [0.2, 0.25) is 0 Å². The van der Waals surface area contributed by atoms with E-state index in [-0.39, 0.29) is 12.1 Å². The van der Waals surface area contributed by atoms with E-state index in [0.717, 1.165) is 37.2 Å². The van der Waals surface area contributed by atoms with Crippen molar-refractivity contribution < 1.29 is 9.59 Å². The number of nitrogens with one attached hydrogen (secondary N) is 2. The van der Waals surface area contributed by atoms with E-state index in [4.69, 9.17) is 5.73 Å². The van der Waals surface area contributed by atoms with E-state index in [2.05, 4.69) is 17.6 Å². The zero-order chi connectivity index (χ0) is 15.4. The van der Waals surface area contributed by atoms with Gasteiger partial charge in [-0.25, -0.2) is 4.79 Å². The molecule has 21 heavy (non-hydrogen) atoms. The Morgan fingerprint density at radius 3 is 2.48 bits per heavy atom. The minimum Gasteiger partial charge on any atom is -0.366 e. The summed E-state index contributed by atoms with van der Waals surface area (Å²) in [5, 5.41) is 5.75. The number of hydrogen-bond acceptors (Lipinski definition) is 2. The van der Waals surface area contributed by atoms with Crippen molar-refractivity contribution in [2.45, 2.75) is 45.6 Å². The summed E-state index contributed by atoms with van der Waals surface area (Å²) < 4.78 is 0. The van der Waals surface area contributed by atoms with Gasteiger partial charge in [0.2, 0.25) is 5.91 Å². The Balaban J connectivity index is 1.93. The molecule has 1 aromatic rings. The molecule has 114 valence electrons. The molecule has 2 rings (SSSR count). The smallest absolute Gasteiger partial charge is 0.319 e.